The van der Waals surface area contributed by atoms with Crippen molar-refractivity contribution in [1.82, 2.24) is 0 Å². The lowest BCUT2D eigenvalue weighted by atomic mass is 10.1. The van der Waals surface area contributed by atoms with E-state index in [1.165, 1.54) is 12.1 Å². The molecule has 0 saturated heterocycles. The highest BCUT2D eigenvalue weighted by Crippen LogP contribution is 2.30. The van der Waals surface area contributed by atoms with Gasteiger partial charge in [-0.15, -0.1) is 0 Å². The summed E-state index contributed by atoms with van der Waals surface area (Å²) in [6.07, 6.45) is 0. The fourth-order valence-corrected chi connectivity index (χ4v) is 1.63. The number of carbonyl (C=O) groups is 1. The van der Waals surface area contributed by atoms with E-state index in [9.17, 15) is 9.18 Å². The van der Waals surface area contributed by atoms with Crippen LogP contribution >= 0.6 is 11.6 Å². The second kappa shape index (κ2) is 6.91. The third-order valence-electron chi connectivity index (χ3n) is 2.33. The van der Waals surface area contributed by atoms with Crippen molar-refractivity contribution in [2.75, 3.05) is 12.4 Å². The summed E-state index contributed by atoms with van der Waals surface area (Å²) in [6, 6.07) is 6.77. The summed E-state index contributed by atoms with van der Waals surface area (Å²) in [5.74, 6) is -1.90. The number of allylic oxidation sites excluding steroid dienone is 2. The highest BCUT2D eigenvalue weighted by Gasteiger charge is 2.20. The molecule has 0 aliphatic heterocycles. The first kappa shape index (κ1) is 16.0. The molecule has 0 spiro atoms. The predicted octanol–water partition coefficient (Wildman–Crippen LogP) is 2.50. The fraction of sp³-hybridized carbons (Fsp3) is 0.0769. The Morgan fingerprint density at radius 3 is 2.38 bits per heavy atom. The second-order valence-corrected chi connectivity index (χ2v) is 3.86. The molecule has 0 fully saturated rings. The van der Waals surface area contributed by atoms with Crippen LogP contribution in [-0.2, 0) is 4.74 Å². The number of anilines is 1. The van der Waals surface area contributed by atoms with Crippen LogP contribution in [0, 0.1) is 39.8 Å². The minimum Gasteiger partial charge on any atom is -0.465 e. The average molecular weight is 305 g/mol. The van der Waals surface area contributed by atoms with Crippen LogP contribution in [0.3, 0.4) is 0 Å². The topological polar surface area (TPSA) is 110 Å². The van der Waals surface area contributed by atoms with Crippen LogP contribution in [0.1, 0.15) is 10.4 Å². The van der Waals surface area contributed by atoms with Crippen molar-refractivity contribution >= 4 is 23.3 Å². The van der Waals surface area contributed by atoms with Crippen molar-refractivity contribution < 1.29 is 13.9 Å². The molecule has 0 unspecified atom stereocenters. The van der Waals surface area contributed by atoms with Crippen LogP contribution in [0.4, 0.5) is 10.1 Å². The molecule has 0 aliphatic rings. The number of esters is 1. The van der Waals surface area contributed by atoms with E-state index in [1.54, 1.807) is 6.07 Å². The molecule has 0 atom stereocenters. The average Bonchev–Trinajstić information content (AvgIpc) is 2.49. The third kappa shape index (κ3) is 3.27. The van der Waals surface area contributed by atoms with Gasteiger partial charge in [0.15, 0.2) is 5.57 Å². The van der Waals surface area contributed by atoms with Crippen LogP contribution in [-0.4, -0.2) is 13.1 Å². The fourth-order valence-electron chi connectivity index (χ4n) is 1.36. The Hall–Kier alpha value is -3.08. The van der Waals surface area contributed by atoms with Crippen molar-refractivity contribution in [1.29, 1.82) is 15.8 Å². The van der Waals surface area contributed by atoms with E-state index >= 15 is 0 Å². The van der Waals surface area contributed by atoms with Gasteiger partial charge in [0.1, 0.15) is 35.3 Å². The molecular weight excluding hydrogens is 299 g/mol. The number of nitrogens with zero attached hydrogens (tertiary/aromatic N) is 3. The van der Waals surface area contributed by atoms with Crippen molar-refractivity contribution in [2.24, 2.45) is 0 Å². The molecule has 8 heteroatoms. The molecule has 0 saturated carbocycles. The highest BCUT2D eigenvalue weighted by atomic mass is 35.5. The number of hydrogen-bond donors (Lipinski definition) is 1. The van der Waals surface area contributed by atoms with E-state index in [2.05, 4.69) is 10.1 Å². The zero-order valence-electron chi connectivity index (χ0n) is 10.6. The van der Waals surface area contributed by atoms with Gasteiger partial charge in [-0.05, 0) is 12.1 Å². The predicted molar refractivity (Wildman–Crippen MR) is 70.2 cm³/mol. The first-order valence-electron chi connectivity index (χ1n) is 5.28. The van der Waals surface area contributed by atoms with Gasteiger partial charge in [-0.1, -0.05) is 11.6 Å². The number of nitriles is 3. The normalized spacial score (nSPS) is 8.76. The van der Waals surface area contributed by atoms with Crippen LogP contribution in [0.15, 0.2) is 23.4 Å². The van der Waals surface area contributed by atoms with Crippen LogP contribution in [0.5, 0.6) is 0 Å². The molecule has 0 amide bonds. The van der Waals surface area contributed by atoms with Crippen LogP contribution < -0.4 is 5.32 Å². The Balaban J connectivity index is 3.40. The largest absolute Gasteiger partial charge is 0.465 e. The maximum Gasteiger partial charge on any atom is 0.342 e. The Labute approximate surface area is 124 Å². The van der Waals surface area contributed by atoms with Crippen LogP contribution in [0.2, 0.25) is 5.02 Å². The molecule has 1 rings (SSSR count). The molecule has 6 nitrogen and oxygen atoms in total. The molecule has 21 heavy (non-hydrogen) atoms. The molecule has 0 aromatic heterocycles. The van der Waals surface area contributed by atoms with Gasteiger partial charge in [0.25, 0.3) is 0 Å². The lowest BCUT2D eigenvalue weighted by molar-refractivity contribution is 0.0596. The van der Waals surface area contributed by atoms with Gasteiger partial charge < -0.3 is 10.1 Å². The van der Waals surface area contributed by atoms with Gasteiger partial charge in [-0.2, -0.15) is 15.8 Å². The molecule has 1 aromatic carbocycles. The number of halogens is 2. The van der Waals surface area contributed by atoms with Crippen LogP contribution in [0.25, 0.3) is 0 Å². The first-order chi connectivity index (χ1) is 9.99. The molecule has 104 valence electrons. The Bertz CT molecular complexity index is 737. The van der Waals surface area contributed by atoms with Crippen molar-refractivity contribution in [3.63, 3.8) is 0 Å². The number of methoxy groups -OCH3 is 1. The van der Waals surface area contributed by atoms with E-state index in [0.717, 1.165) is 19.2 Å². The Morgan fingerprint density at radius 2 is 1.90 bits per heavy atom. The molecule has 1 aromatic rings. The molecule has 1 N–H and O–H groups in total. The van der Waals surface area contributed by atoms with E-state index in [-0.39, 0.29) is 16.4 Å². The second-order valence-electron chi connectivity index (χ2n) is 3.49. The zero-order valence-corrected chi connectivity index (χ0v) is 11.3. The SMILES string of the molecule is COC(=O)c1c(F)ccc(NC(C#N)=C(C#N)C#N)c1Cl. The lowest BCUT2D eigenvalue weighted by Gasteiger charge is -2.10. The minimum atomic E-state index is -0.996. The standard InChI is InChI=1S/C13H6ClFN4O2/c1-21-13(20)11-8(15)2-3-9(12(11)14)19-10(6-18)7(4-16)5-17/h2-3,19H,1H3. The monoisotopic (exact) mass is 304 g/mol. The number of benzene rings is 1. The van der Waals surface area contributed by atoms with Gasteiger partial charge in [0.2, 0.25) is 0 Å². The van der Waals surface area contributed by atoms with E-state index in [4.69, 9.17) is 27.4 Å². The van der Waals surface area contributed by atoms with Gasteiger partial charge in [0.05, 0.1) is 17.8 Å². The molecular formula is C13H6ClFN4O2. The first-order valence-corrected chi connectivity index (χ1v) is 5.65. The Morgan fingerprint density at radius 1 is 1.29 bits per heavy atom. The number of rotatable bonds is 3. The van der Waals surface area contributed by atoms with E-state index in [0.29, 0.717) is 0 Å². The zero-order chi connectivity index (χ0) is 16.0. The van der Waals surface area contributed by atoms with E-state index in [1.807, 2.05) is 0 Å². The summed E-state index contributed by atoms with van der Waals surface area (Å²) in [5.41, 5.74) is -1.38. The number of hydrogen-bond acceptors (Lipinski definition) is 6. The minimum absolute atomic E-state index is 0.0157. The van der Waals surface area contributed by atoms with Gasteiger partial charge in [0, 0.05) is 0 Å². The highest BCUT2D eigenvalue weighted by molar-refractivity contribution is 6.36. The summed E-state index contributed by atoms with van der Waals surface area (Å²) in [5, 5.41) is 28.4. The summed E-state index contributed by atoms with van der Waals surface area (Å²) in [7, 11) is 1.06. The van der Waals surface area contributed by atoms with Gasteiger partial charge >= 0.3 is 5.97 Å². The number of ether oxygens (including phenoxy) is 1. The smallest absolute Gasteiger partial charge is 0.342 e. The van der Waals surface area contributed by atoms with E-state index < -0.39 is 22.9 Å². The summed E-state index contributed by atoms with van der Waals surface area (Å²) in [6.45, 7) is 0. The van der Waals surface area contributed by atoms with Crippen molar-refractivity contribution in [2.45, 2.75) is 0 Å². The maximum atomic E-state index is 13.6. The quantitative estimate of drug-likeness (QED) is 0.678. The van der Waals surface area contributed by atoms with Gasteiger partial charge in [-0.3, -0.25) is 0 Å². The Kier molecular flexibility index (Phi) is 5.25. The summed E-state index contributed by atoms with van der Waals surface area (Å²) in [4.78, 5) is 11.5. The number of carbonyl (C=O) groups excluding carboxylic acids is 1. The molecule has 0 aliphatic carbocycles. The van der Waals surface area contributed by atoms with Gasteiger partial charge in [-0.25, -0.2) is 9.18 Å². The molecule has 0 bridgehead atoms. The summed E-state index contributed by atoms with van der Waals surface area (Å²) >= 11 is 5.88. The molecule has 0 heterocycles. The third-order valence-corrected chi connectivity index (χ3v) is 2.72. The number of nitrogens with one attached hydrogen (secondary N) is 1. The lowest BCUT2D eigenvalue weighted by Crippen LogP contribution is -2.08. The summed E-state index contributed by atoms with van der Waals surface area (Å²) < 4.78 is 18.0. The van der Waals surface area contributed by atoms with Crippen molar-refractivity contribution in [3.8, 4) is 18.2 Å². The van der Waals surface area contributed by atoms with Crippen molar-refractivity contribution in [3.05, 3.63) is 39.8 Å². The maximum absolute atomic E-state index is 13.6. The molecule has 0 radical (unpaired) electrons.